The lowest BCUT2D eigenvalue weighted by Gasteiger charge is -2.34. The molecule has 3 heterocycles. The highest BCUT2D eigenvalue weighted by Crippen LogP contribution is 2.54. The van der Waals surface area contributed by atoms with Crippen LogP contribution in [0.25, 0.3) is 0 Å². The topological polar surface area (TPSA) is 119 Å². The van der Waals surface area contributed by atoms with Crippen molar-refractivity contribution in [1.29, 1.82) is 0 Å². The Balaban J connectivity index is 1.45. The van der Waals surface area contributed by atoms with Gasteiger partial charge in [0.1, 0.15) is 5.54 Å². The molecule has 176 valence electrons. The lowest BCUT2D eigenvalue weighted by Crippen LogP contribution is -2.54. The number of carbonyl (C=O) groups excluding carboxylic acids is 3. The Labute approximate surface area is 197 Å². The second-order valence-corrected chi connectivity index (χ2v) is 9.93. The van der Waals surface area contributed by atoms with E-state index in [-0.39, 0.29) is 35.3 Å². The summed E-state index contributed by atoms with van der Waals surface area (Å²) in [6, 6.07) is 11.3. The van der Waals surface area contributed by atoms with Gasteiger partial charge in [0.25, 0.3) is 0 Å². The second-order valence-electron chi connectivity index (χ2n) is 9.93. The Hall–Kier alpha value is -3.39. The summed E-state index contributed by atoms with van der Waals surface area (Å²) in [7, 11) is 0. The van der Waals surface area contributed by atoms with Gasteiger partial charge in [-0.05, 0) is 43.0 Å². The number of hydrogen-bond donors (Lipinski definition) is 4. The number of amides is 3. The summed E-state index contributed by atoms with van der Waals surface area (Å²) in [6.45, 7) is 0. The SMILES string of the molecule is O=C1[C@@H]2C(Cc3ccc(O)c(O)c3)NC3(C(=O)Nc4ccccc43)[C@@H]2C(=O)N1C1CCCCC1. The molecule has 0 aromatic heterocycles. The fraction of sp³-hybridized carbons (Fsp3) is 0.423. The molecule has 0 radical (unpaired) electrons. The molecule has 3 aliphatic heterocycles. The fourth-order valence-corrected chi connectivity index (χ4v) is 6.60. The molecule has 0 bridgehead atoms. The van der Waals surface area contributed by atoms with E-state index >= 15 is 0 Å². The Kier molecular flexibility index (Phi) is 4.71. The molecule has 1 aliphatic carbocycles. The Morgan fingerprint density at radius 2 is 1.71 bits per heavy atom. The van der Waals surface area contributed by atoms with Gasteiger partial charge in [-0.1, -0.05) is 43.5 Å². The molecule has 3 fully saturated rings. The molecular formula is C26H27N3O5. The van der Waals surface area contributed by atoms with Crippen LogP contribution in [-0.4, -0.2) is 44.9 Å². The van der Waals surface area contributed by atoms with Crippen LogP contribution in [0.15, 0.2) is 42.5 Å². The third-order valence-electron chi connectivity index (χ3n) is 8.09. The van der Waals surface area contributed by atoms with Crippen molar-refractivity contribution in [3.05, 3.63) is 53.6 Å². The number of rotatable bonds is 3. The van der Waals surface area contributed by atoms with E-state index in [0.29, 0.717) is 23.2 Å². The van der Waals surface area contributed by atoms with E-state index in [2.05, 4.69) is 10.6 Å². The second kappa shape index (κ2) is 7.56. The summed E-state index contributed by atoms with van der Waals surface area (Å²) in [6.07, 6.45) is 5.00. The third kappa shape index (κ3) is 2.84. The number of anilines is 1. The Bertz CT molecular complexity index is 1210. The highest BCUT2D eigenvalue weighted by Gasteiger charge is 2.70. The number of imide groups is 1. The van der Waals surface area contributed by atoms with Crippen LogP contribution in [0.2, 0.25) is 0 Å². The predicted octanol–water partition coefficient (Wildman–Crippen LogP) is 2.39. The third-order valence-corrected chi connectivity index (χ3v) is 8.09. The van der Waals surface area contributed by atoms with E-state index in [4.69, 9.17) is 0 Å². The molecule has 2 unspecified atom stereocenters. The largest absolute Gasteiger partial charge is 0.504 e. The maximum Gasteiger partial charge on any atom is 0.250 e. The van der Waals surface area contributed by atoms with E-state index < -0.39 is 23.4 Å². The Morgan fingerprint density at radius 1 is 0.941 bits per heavy atom. The molecule has 2 aromatic carbocycles. The number of hydrogen-bond acceptors (Lipinski definition) is 6. The van der Waals surface area contributed by atoms with Crippen molar-refractivity contribution < 1.29 is 24.6 Å². The van der Waals surface area contributed by atoms with Crippen LogP contribution in [0.3, 0.4) is 0 Å². The van der Waals surface area contributed by atoms with Crippen molar-refractivity contribution in [3.63, 3.8) is 0 Å². The molecule has 6 rings (SSSR count). The molecule has 4 N–H and O–H groups in total. The number of nitrogens with one attached hydrogen (secondary N) is 2. The lowest BCUT2D eigenvalue weighted by molar-refractivity contribution is -0.146. The Morgan fingerprint density at radius 3 is 2.47 bits per heavy atom. The zero-order valence-electron chi connectivity index (χ0n) is 18.7. The lowest BCUT2D eigenvalue weighted by atomic mass is 9.76. The van der Waals surface area contributed by atoms with Gasteiger partial charge in [0.05, 0.1) is 11.8 Å². The summed E-state index contributed by atoms with van der Waals surface area (Å²) in [4.78, 5) is 42.7. The van der Waals surface area contributed by atoms with Gasteiger partial charge < -0.3 is 15.5 Å². The fourth-order valence-electron chi connectivity index (χ4n) is 6.60. The number of phenolic OH excluding ortho intramolecular Hbond substituents is 2. The molecule has 8 nitrogen and oxygen atoms in total. The van der Waals surface area contributed by atoms with Gasteiger partial charge in [-0.3, -0.25) is 24.6 Å². The van der Waals surface area contributed by atoms with Crippen LogP contribution in [0.4, 0.5) is 5.69 Å². The molecule has 2 saturated heterocycles. The molecule has 2 aromatic rings. The van der Waals surface area contributed by atoms with Gasteiger partial charge in [-0.2, -0.15) is 0 Å². The van der Waals surface area contributed by atoms with Crippen LogP contribution in [0, 0.1) is 11.8 Å². The molecule has 34 heavy (non-hydrogen) atoms. The summed E-state index contributed by atoms with van der Waals surface area (Å²) in [5.41, 5.74) is 0.725. The monoisotopic (exact) mass is 461 g/mol. The normalized spacial score (nSPS) is 30.6. The summed E-state index contributed by atoms with van der Waals surface area (Å²) < 4.78 is 0. The van der Waals surface area contributed by atoms with E-state index in [1.54, 1.807) is 6.07 Å². The average Bonchev–Trinajstić information content (AvgIpc) is 3.41. The van der Waals surface area contributed by atoms with Crippen LogP contribution < -0.4 is 10.6 Å². The van der Waals surface area contributed by atoms with Crippen LogP contribution in [0.5, 0.6) is 11.5 Å². The van der Waals surface area contributed by atoms with Crippen LogP contribution in [-0.2, 0) is 26.3 Å². The van der Waals surface area contributed by atoms with E-state index in [9.17, 15) is 24.6 Å². The molecule has 4 atom stereocenters. The predicted molar refractivity (Wildman–Crippen MR) is 123 cm³/mol. The number of fused-ring (bicyclic) bond motifs is 4. The highest BCUT2D eigenvalue weighted by atomic mass is 16.3. The molecule has 1 saturated carbocycles. The van der Waals surface area contributed by atoms with Gasteiger partial charge >= 0.3 is 0 Å². The van der Waals surface area contributed by atoms with Gasteiger partial charge in [0, 0.05) is 23.3 Å². The van der Waals surface area contributed by atoms with Crippen molar-refractivity contribution in [2.24, 2.45) is 11.8 Å². The number of likely N-dealkylation sites (tertiary alicyclic amines) is 1. The molecule has 3 amide bonds. The first-order chi connectivity index (χ1) is 16.4. The van der Waals surface area contributed by atoms with E-state index in [1.807, 2.05) is 24.3 Å². The smallest absolute Gasteiger partial charge is 0.250 e. The number of nitrogens with zero attached hydrogens (tertiary/aromatic N) is 1. The maximum absolute atomic E-state index is 13.9. The minimum absolute atomic E-state index is 0.116. The van der Waals surface area contributed by atoms with Gasteiger partial charge in [-0.25, -0.2) is 0 Å². The van der Waals surface area contributed by atoms with Crippen molar-refractivity contribution >= 4 is 23.4 Å². The summed E-state index contributed by atoms with van der Waals surface area (Å²) >= 11 is 0. The van der Waals surface area contributed by atoms with E-state index in [0.717, 1.165) is 32.1 Å². The number of phenols is 2. The van der Waals surface area contributed by atoms with Crippen LogP contribution in [0.1, 0.15) is 43.2 Å². The van der Waals surface area contributed by atoms with Gasteiger partial charge in [0.2, 0.25) is 17.7 Å². The standard InChI is InChI=1S/C26H27N3O5/c30-19-11-10-14(13-20(19)31)12-18-21-22(24(33)29(23(21)32)15-6-2-1-3-7-15)26(28-18)16-8-4-5-9-17(16)27-25(26)34/h4-5,8-11,13,15,18,21-22,28,30-31H,1-3,6-7,12H2,(H,27,34)/t18?,21-,22+,26?/m1/s1. The van der Waals surface area contributed by atoms with Crippen molar-refractivity contribution in [2.75, 3.05) is 5.32 Å². The average molecular weight is 462 g/mol. The first kappa shape index (κ1) is 21.2. The molecule has 8 heteroatoms. The summed E-state index contributed by atoms with van der Waals surface area (Å²) in [5.74, 6) is -2.79. The van der Waals surface area contributed by atoms with Gasteiger partial charge in [0.15, 0.2) is 11.5 Å². The molecule has 4 aliphatic rings. The quantitative estimate of drug-likeness (QED) is 0.412. The summed E-state index contributed by atoms with van der Waals surface area (Å²) in [5, 5.41) is 26.0. The van der Waals surface area contributed by atoms with Crippen molar-refractivity contribution in [1.82, 2.24) is 10.2 Å². The maximum atomic E-state index is 13.9. The number of aromatic hydroxyl groups is 2. The number of carbonyl (C=O) groups is 3. The van der Waals surface area contributed by atoms with Gasteiger partial charge in [-0.15, -0.1) is 0 Å². The molecular weight excluding hydrogens is 434 g/mol. The van der Waals surface area contributed by atoms with E-state index in [1.165, 1.54) is 17.0 Å². The minimum Gasteiger partial charge on any atom is -0.504 e. The first-order valence-corrected chi connectivity index (χ1v) is 12.0. The van der Waals surface area contributed by atoms with Crippen LogP contribution >= 0.6 is 0 Å². The number of benzene rings is 2. The zero-order valence-corrected chi connectivity index (χ0v) is 18.7. The van der Waals surface area contributed by atoms with Crippen molar-refractivity contribution in [3.8, 4) is 11.5 Å². The molecule has 1 spiro atoms. The van der Waals surface area contributed by atoms with Crippen molar-refractivity contribution in [2.45, 2.75) is 56.1 Å². The zero-order chi connectivity index (χ0) is 23.6. The highest BCUT2D eigenvalue weighted by molar-refractivity contribution is 6.15. The first-order valence-electron chi connectivity index (χ1n) is 12.0. The minimum atomic E-state index is -1.32. The number of para-hydroxylation sites is 1.